The van der Waals surface area contributed by atoms with Gasteiger partial charge in [-0.15, -0.1) is 0 Å². The molecule has 1 aromatic carbocycles. The van der Waals surface area contributed by atoms with Crippen LogP contribution < -0.4 is 0 Å². The van der Waals surface area contributed by atoms with Gasteiger partial charge in [0.2, 0.25) is 5.91 Å². The van der Waals surface area contributed by atoms with Crippen LogP contribution in [0.4, 0.5) is 0 Å². The van der Waals surface area contributed by atoms with Crippen LogP contribution >= 0.6 is 0 Å². The van der Waals surface area contributed by atoms with Crippen LogP contribution in [-0.4, -0.2) is 52.4 Å². The zero-order chi connectivity index (χ0) is 18.8. The van der Waals surface area contributed by atoms with Gasteiger partial charge in [-0.3, -0.25) is 9.59 Å². The van der Waals surface area contributed by atoms with E-state index in [2.05, 4.69) is 12.1 Å². The van der Waals surface area contributed by atoms with Crippen LogP contribution in [0, 0.1) is 5.92 Å². The van der Waals surface area contributed by atoms with Crippen molar-refractivity contribution in [3.8, 4) is 11.3 Å². The van der Waals surface area contributed by atoms with E-state index in [0.717, 1.165) is 44.3 Å². The van der Waals surface area contributed by atoms with Crippen molar-refractivity contribution in [3.63, 3.8) is 0 Å². The number of hydrogen-bond donors (Lipinski definition) is 0. The molecule has 0 N–H and O–H groups in total. The standard InChI is InChI=1S/C21H25N3O3/c1-15-9-12-23(13-10-15)21(26)18-8-5-11-24(18)20(25)17-14-19(27-22-17)16-6-3-2-4-7-16/h2-4,6-7,14-15,18H,5,8-13H2,1H3. The average Bonchev–Trinajstić information content (AvgIpc) is 3.38. The highest BCUT2D eigenvalue weighted by molar-refractivity contribution is 5.97. The summed E-state index contributed by atoms with van der Waals surface area (Å²) in [5, 5.41) is 3.96. The Morgan fingerprint density at radius 1 is 1.07 bits per heavy atom. The third-order valence-corrected chi connectivity index (χ3v) is 5.68. The van der Waals surface area contributed by atoms with Gasteiger partial charge in [0.05, 0.1) is 0 Å². The van der Waals surface area contributed by atoms with Crippen molar-refractivity contribution in [1.29, 1.82) is 0 Å². The van der Waals surface area contributed by atoms with Crippen LogP contribution in [-0.2, 0) is 4.79 Å². The molecule has 27 heavy (non-hydrogen) atoms. The first-order chi connectivity index (χ1) is 13.1. The average molecular weight is 367 g/mol. The summed E-state index contributed by atoms with van der Waals surface area (Å²) in [5.41, 5.74) is 1.14. The van der Waals surface area contributed by atoms with Crippen molar-refractivity contribution >= 4 is 11.8 Å². The summed E-state index contributed by atoms with van der Waals surface area (Å²) in [5.74, 6) is 1.09. The molecule has 2 aliphatic rings. The lowest BCUT2D eigenvalue weighted by Gasteiger charge is -2.34. The van der Waals surface area contributed by atoms with E-state index in [1.807, 2.05) is 35.2 Å². The molecule has 6 nitrogen and oxygen atoms in total. The van der Waals surface area contributed by atoms with Crippen molar-refractivity contribution in [2.75, 3.05) is 19.6 Å². The lowest BCUT2D eigenvalue weighted by Crippen LogP contribution is -2.49. The van der Waals surface area contributed by atoms with Gasteiger partial charge in [0, 0.05) is 31.3 Å². The second-order valence-corrected chi connectivity index (χ2v) is 7.61. The maximum atomic E-state index is 13.0. The molecule has 0 bridgehead atoms. The number of nitrogens with zero attached hydrogens (tertiary/aromatic N) is 3. The summed E-state index contributed by atoms with van der Waals surface area (Å²) >= 11 is 0. The summed E-state index contributed by atoms with van der Waals surface area (Å²) in [6, 6.07) is 10.9. The summed E-state index contributed by atoms with van der Waals surface area (Å²) in [4.78, 5) is 29.5. The first-order valence-corrected chi connectivity index (χ1v) is 9.75. The predicted molar refractivity (Wildman–Crippen MR) is 101 cm³/mol. The van der Waals surface area contributed by atoms with Gasteiger partial charge in [-0.1, -0.05) is 42.4 Å². The maximum absolute atomic E-state index is 13.0. The summed E-state index contributed by atoms with van der Waals surface area (Å²) < 4.78 is 5.36. The number of likely N-dealkylation sites (tertiary alicyclic amines) is 2. The third kappa shape index (κ3) is 3.61. The number of piperidine rings is 1. The van der Waals surface area contributed by atoms with Crippen LogP contribution in [0.25, 0.3) is 11.3 Å². The van der Waals surface area contributed by atoms with Crippen molar-refractivity contribution < 1.29 is 14.1 Å². The molecule has 1 aromatic heterocycles. The number of benzene rings is 1. The van der Waals surface area contributed by atoms with E-state index in [9.17, 15) is 9.59 Å². The normalized spacial score (nSPS) is 20.9. The Morgan fingerprint density at radius 3 is 2.56 bits per heavy atom. The fourth-order valence-electron chi connectivity index (χ4n) is 3.97. The lowest BCUT2D eigenvalue weighted by molar-refractivity contribution is -0.136. The molecule has 0 saturated carbocycles. The van der Waals surface area contributed by atoms with E-state index in [1.165, 1.54) is 0 Å². The van der Waals surface area contributed by atoms with E-state index in [4.69, 9.17) is 4.52 Å². The molecule has 2 fully saturated rings. The Hall–Kier alpha value is -2.63. The topological polar surface area (TPSA) is 66.7 Å². The first-order valence-electron chi connectivity index (χ1n) is 9.75. The highest BCUT2D eigenvalue weighted by Gasteiger charge is 2.38. The van der Waals surface area contributed by atoms with E-state index < -0.39 is 0 Å². The number of aromatic nitrogens is 1. The first kappa shape index (κ1) is 17.8. The number of rotatable bonds is 3. The fraction of sp³-hybridized carbons (Fsp3) is 0.476. The maximum Gasteiger partial charge on any atom is 0.276 e. The fourth-order valence-corrected chi connectivity index (χ4v) is 3.97. The molecular formula is C21H25N3O3. The largest absolute Gasteiger partial charge is 0.355 e. The highest BCUT2D eigenvalue weighted by atomic mass is 16.5. The second-order valence-electron chi connectivity index (χ2n) is 7.61. The summed E-state index contributed by atoms with van der Waals surface area (Å²) in [7, 11) is 0. The molecule has 2 amide bonds. The van der Waals surface area contributed by atoms with Crippen LogP contribution in [0.3, 0.4) is 0 Å². The summed E-state index contributed by atoms with van der Waals surface area (Å²) in [6.45, 7) is 4.40. The molecular weight excluding hydrogens is 342 g/mol. The van der Waals surface area contributed by atoms with Crippen molar-refractivity contribution in [2.24, 2.45) is 5.92 Å². The molecule has 3 heterocycles. The number of carbonyl (C=O) groups is 2. The van der Waals surface area contributed by atoms with Gasteiger partial charge in [-0.25, -0.2) is 0 Å². The van der Waals surface area contributed by atoms with Crippen molar-refractivity contribution in [2.45, 2.75) is 38.6 Å². The predicted octanol–water partition coefficient (Wildman–Crippen LogP) is 3.20. The van der Waals surface area contributed by atoms with Gasteiger partial charge in [0.15, 0.2) is 11.5 Å². The molecule has 0 spiro atoms. The van der Waals surface area contributed by atoms with Crippen LogP contribution in [0.1, 0.15) is 43.1 Å². The van der Waals surface area contributed by atoms with E-state index in [1.54, 1.807) is 11.0 Å². The van der Waals surface area contributed by atoms with E-state index in [0.29, 0.717) is 18.2 Å². The SMILES string of the molecule is CC1CCN(C(=O)C2CCCN2C(=O)c2cc(-c3ccccc3)on2)CC1. The van der Waals surface area contributed by atoms with Crippen LogP contribution in [0.15, 0.2) is 40.9 Å². The highest BCUT2D eigenvalue weighted by Crippen LogP contribution is 2.26. The molecule has 2 aromatic rings. The van der Waals surface area contributed by atoms with Gasteiger partial charge >= 0.3 is 0 Å². The van der Waals surface area contributed by atoms with Gasteiger partial charge in [0.25, 0.3) is 5.91 Å². The minimum Gasteiger partial charge on any atom is -0.355 e. The Balaban J connectivity index is 1.48. The Labute approximate surface area is 159 Å². The van der Waals surface area contributed by atoms with Gasteiger partial charge < -0.3 is 14.3 Å². The smallest absolute Gasteiger partial charge is 0.276 e. The zero-order valence-corrected chi connectivity index (χ0v) is 15.6. The monoisotopic (exact) mass is 367 g/mol. The van der Waals surface area contributed by atoms with E-state index >= 15 is 0 Å². The number of amides is 2. The quantitative estimate of drug-likeness (QED) is 0.835. The summed E-state index contributed by atoms with van der Waals surface area (Å²) in [6.07, 6.45) is 3.64. The molecule has 2 aliphatic heterocycles. The Bertz CT molecular complexity index is 809. The molecule has 2 saturated heterocycles. The lowest BCUT2D eigenvalue weighted by atomic mass is 9.98. The van der Waals surface area contributed by atoms with Gasteiger partial charge in [-0.2, -0.15) is 0 Å². The van der Waals surface area contributed by atoms with E-state index in [-0.39, 0.29) is 23.6 Å². The van der Waals surface area contributed by atoms with Crippen molar-refractivity contribution in [3.05, 3.63) is 42.1 Å². The Kier molecular flexibility index (Phi) is 4.97. The van der Waals surface area contributed by atoms with Crippen molar-refractivity contribution in [1.82, 2.24) is 15.0 Å². The minimum atomic E-state index is -0.372. The Morgan fingerprint density at radius 2 is 1.81 bits per heavy atom. The number of hydrogen-bond acceptors (Lipinski definition) is 4. The zero-order valence-electron chi connectivity index (χ0n) is 15.6. The molecule has 0 radical (unpaired) electrons. The second kappa shape index (κ2) is 7.55. The molecule has 0 aliphatic carbocycles. The third-order valence-electron chi connectivity index (χ3n) is 5.68. The molecule has 6 heteroatoms. The van der Waals surface area contributed by atoms with Gasteiger partial charge in [-0.05, 0) is 31.6 Å². The molecule has 1 unspecified atom stereocenters. The molecule has 142 valence electrons. The minimum absolute atomic E-state index is 0.0829. The van der Waals surface area contributed by atoms with Crippen LogP contribution in [0.5, 0.6) is 0 Å². The van der Waals surface area contributed by atoms with Crippen LogP contribution in [0.2, 0.25) is 0 Å². The molecule has 4 rings (SSSR count). The van der Waals surface area contributed by atoms with Gasteiger partial charge in [0.1, 0.15) is 6.04 Å². The number of carbonyl (C=O) groups excluding carboxylic acids is 2. The molecule has 1 atom stereocenters.